The molecule has 1 aliphatic rings. The SMILES string of the molecule is COC1(OC)CC(CO)(CNc2nc(N)nc(Cl)c2C=O)C1. The number of nitrogen functional groups attached to an aromatic ring is 1. The first kappa shape index (κ1) is 16.9. The van der Waals surface area contributed by atoms with Crippen molar-refractivity contribution in [3.63, 3.8) is 0 Å². The number of nitrogens with zero attached hydrogens (tertiary/aromatic N) is 2. The van der Waals surface area contributed by atoms with Crippen LogP contribution in [-0.4, -0.2) is 54.5 Å². The Kier molecular flexibility index (Phi) is 4.86. The lowest BCUT2D eigenvalue weighted by molar-refractivity contribution is -0.299. The van der Waals surface area contributed by atoms with E-state index < -0.39 is 11.2 Å². The van der Waals surface area contributed by atoms with Crippen LogP contribution in [0.1, 0.15) is 23.2 Å². The number of hydrogen-bond donors (Lipinski definition) is 3. The summed E-state index contributed by atoms with van der Waals surface area (Å²) in [5.41, 5.74) is 5.24. The Balaban J connectivity index is 2.11. The number of ether oxygens (including phenoxy) is 2. The van der Waals surface area contributed by atoms with Crippen LogP contribution in [0.4, 0.5) is 11.8 Å². The molecule has 1 fully saturated rings. The molecule has 1 aliphatic carbocycles. The lowest BCUT2D eigenvalue weighted by atomic mass is 9.64. The van der Waals surface area contributed by atoms with E-state index in [0.29, 0.717) is 25.7 Å². The Morgan fingerprint density at radius 3 is 2.55 bits per heavy atom. The molecule has 0 aromatic carbocycles. The van der Waals surface area contributed by atoms with Gasteiger partial charge in [0.25, 0.3) is 0 Å². The van der Waals surface area contributed by atoms with Gasteiger partial charge in [0.1, 0.15) is 11.0 Å². The number of methoxy groups -OCH3 is 2. The third kappa shape index (κ3) is 3.00. The molecule has 2 rings (SSSR count). The van der Waals surface area contributed by atoms with Gasteiger partial charge in [0.2, 0.25) is 5.95 Å². The molecule has 0 bridgehead atoms. The molecule has 1 aromatic rings. The smallest absolute Gasteiger partial charge is 0.223 e. The van der Waals surface area contributed by atoms with Crippen molar-refractivity contribution in [2.75, 3.05) is 38.4 Å². The zero-order valence-electron chi connectivity index (χ0n) is 12.4. The first-order chi connectivity index (χ1) is 10.4. The van der Waals surface area contributed by atoms with E-state index >= 15 is 0 Å². The van der Waals surface area contributed by atoms with Crippen LogP contribution in [-0.2, 0) is 9.47 Å². The number of nitrogens with one attached hydrogen (secondary N) is 1. The quantitative estimate of drug-likeness (QED) is 0.379. The van der Waals surface area contributed by atoms with E-state index in [1.807, 2.05) is 0 Å². The van der Waals surface area contributed by atoms with Crippen LogP contribution in [0.3, 0.4) is 0 Å². The van der Waals surface area contributed by atoms with E-state index in [4.69, 9.17) is 26.8 Å². The Morgan fingerprint density at radius 2 is 2.05 bits per heavy atom. The summed E-state index contributed by atoms with van der Waals surface area (Å²) in [6, 6.07) is 0. The van der Waals surface area contributed by atoms with Crippen LogP contribution in [0.2, 0.25) is 5.15 Å². The van der Waals surface area contributed by atoms with Gasteiger partial charge < -0.3 is 25.6 Å². The minimum Gasteiger partial charge on any atom is -0.396 e. The third-order valence-electron chi connectivity index (χ3n) is 4.03. The first-order valence-corrected chi connectivity index (χ1v) is 7.04. The molecular weight excluding hydrogens is 312 g/mol. The highest BCUT2D eigenvalue weighted by Gasteiger charge is 2.55. The molecular formula is C13H19ClN4O4. The van der Waals surface area contributed by atoms with Crippen molar-refractivity contribution in [1.29, 1.82) is 0 Å². The van der Waals surface area contributed by atoms with E-state index in [1.54, 1.807) is 14.2 Å². The predicted molar refractivity (Wildman–Crippen MR) is 80.8 cm³/mol. The summed E-state index contributed by atoms with van der Waals surface area (Å²) >= 11 is 5.86. The molecule has 0 unspecified atom stereocenters. The van der Waals surface area contributed by atoms with Gasteiger partial charge in [-0.25, -0.2) is 4.98 Å². The largest absolute Gasteiger partial charge is 0.396 e. The van der Waals surface area contributed by atoms with E-state index in [1.165, 1.54) is 0 Å². The number of aliphatic hydroxyl groups is 1. The average molecular weight is 331 g/mol. The fourth-order valence-corrected chi connectivity index (χ4v) is 2.94. The van der Waals surface area contributed by atoms with Gasteiger partial charge >= 0.3 is 0 Å². The second kappa shape index (κ2) is 6.33. The maximum atomic E-state index is 11.1. The van der Waals surface area contributed by atoms with Crippen LogP contribution in [0, 0.1) is 5.41 Å². The topological polar surface area (TPSA) is 120 Å². The van der Waals surface area contributed by atoms with Crippen molar-refractivity contribution in [3.8, 4) is 0 Å². The summed E-state index contributed by atoms with van der Waals surface area (Å²) in [6.07, 6.45) is 1.59. The summed E-state index contributed by atoms with van der Waals surface area (Å²) < 4.78 is 10.7. The van der Waals surface area contributed by atoms with Crippen molar-refractivity contribution in [2.45, 2.75) is 18.6 Å². The molecule has 1 saturated carbocycles. The molecule has 0 aliphatic heterocycles. The van der Waals surface area contributed by atoms with Gasteiger partial charge in [0, 0.05) is 39.0 Å². The fourth-order valence-electron chi connectivity index (χ4n) is 2.72. The molecule has 0 saturated heterocycles. The summed E-state index contributed by atoms with van der Waals surface area (Å²) in [4.78, 5) is 18.8. The van der Waals surface area contributed by atoms with Crippen molar-refractivity contribution < 1.29 is 19.4 Å². The molecule has 1 aromatic heterocycles. The van der Waals surface area contributed by atoms with Crippen LogP contribution in [0.5, 0.6) is 0 Å². The molecule has 122 valence electrons. The standard InChI is InChI=1S/C13H19ClN4O4/c1-21-13(22-2)4-12(5-13,7-20)6-16-10-8(3-19)9(14)17-11(15)18-10/h3,20H,4-7H2,1-2H3,(H3,15,16,17,18). The highest BCUT2D eigenvalue weighted by Crippen LogP contribution is 2.50. The summed E-state index contributed by atoms with van der Waals surface area (Å²) in [7, 11) is 3.13. The predicted octanol–water partition coefficient (Wildman–Crippen LogP) is 0.698. The Bertz CT molecular complexity index is 557. The van der Waals surface area contributed by atoms with Gasteiger partial charge in [-0.15, -0.1) is 0 Å². The molecule has 0 amide bonds. The zero-order chi connectivity index (χ0) is 16.4. The normalized spacial score (nSPS) is 18.5. The monoisotopic (exact) mass is 330 g/mol. The van der Waals surface area contributed by atoms with Crippen molar-refractivity contribution in [1.82, 2.24) is 9.97 Å². The summed E-state index contributed by atoms with van der Waals surface area (Å²) in [6.45, 7) is 0.310. The Morgan fingerprint density at radius 1 is 1.41 bits per heavy atom. The van der Waals surface area contributed by atoms with Crippen molar-refractivity contribution in [2.24, 2.45) is 5.41 Å². The number of halogens is 1. The van der Waals surface area contributed by atoms with Gasteiger partial charge in [0.15, 0.2) is 12.1 Å². The minimum atomic E-state index is -0.680. The number of aromatic nitrogens is 2. The van der Waals surface area contributed by atoms with Crippen LogP contribution in [0.15, 0.2) is 0 Å². The van der Waals surface area contributed by atoms with Crippen LogP contribution < -0.4 is 11.1 Å². The second-order valence-corrected chi connectivity index (χ2v) is 5.79. The lowest BCUT2D eigenvalue weighted by Gasteiger charge is -2.53. The molecule has 1 heterocycles. The Labute approximate surface area is 133 Å². The maximum Gasteiger partial charge on any atom is 0.223 e. The van der Waals surface area contributed by atoms with Gasteiger partial charge in [-0.3, -0.25) is 4.79 Å². The second-order valence-electron chi connectivity index (χ2n) is 5.44. The van der Waals surface area contributed by atoms with Crippen LogP contribution >= 0.6 is 11.6 Å². The highest BCUT2D eigenvalue weighted by atomic mass is 35.5. The summed E-state index contributed by atoms with van der Waals surface area (Å²) in [5, 5.41) is 12.7. The van der Waals surface area contributed by atoms with Gasteiger partial charge in [-0.2, -0.15) is 4.98 Å². The van der Waals surface area contributed by atoms with Gasteiger partial charge in [-0.05, 0) is 0 Å². The van der Waals surface area contributed by atoms with E-state index in [9.17, 15) is 9.90 Å². The molecule has 0 spiro atoms. The molecule has 9 heteroatoms. The number of hydrogen-bond acceptors (Lipinski definition) is 8. The highest BCUT2D eigenvalue weighted by molar-refractivity contribution is 6.32. The van der Waals surface area contributed by atoms with Gasteiger partial charge in [-0.1, -0.05) is 11.6 Å². The summed E-state index contributed by atoms with van der Waals surface area (Å²) in [5.74, 6) is -0.471. The molecule has 0 atom stereocenters. The fraction of sp³-hybridized carbons (Fsp3) is 0.615. The molecule has 0 radical (unpaired) electrons. The first-order valence-electron chi connectivity index (χ1n) is 6.66. The number of anilines is 2. The molecule has 8 nitrogen and oxygen atoms in total. The molecule has 4 N–H and O–H groups in total. The lowest BCUT2D eigenvalue weighted by Crippen LogP contribution is -2.58. The number of rotatable bonds is 7. The van der Waals surface area contributed by atoms with Crippen molar-refractivity contribution in [3.05, 3.63) is 10.7 Å². The third-order valence-corrected chi connectivity index (χ3v) is 4.32. The van der Waals surface area contributed by atoms with Gasteiger partial charge in [0.05, 0.1) is 12.2 Å². The maximum absolute atomic E-state index is 11.1. The molecule has 22 heavy (non-hydrogen) atoms. The van der Waals surface area contributed by atoms with Crippen LogP contribution in [0.25, 0.3) is 0 Å². The number of carbonyl (C=O) groups is 1. The number of aldehydes is 1. The number of nitrogens with two attached hydrogens (primary N) is 1. The number of carbonyl (C=O) groups excluding carboxylic acids is 1. The van der Waals surface area contributed by atoms with E-state index in [0.717, 1.165) is 0 Å². The number of aliphatic hydroxyl groups excluding tert-OH is 1. The van der Waals surface area contributed by atoms with E-state index in [2.05, 4.69) is 15.3 Å². The minimum absolute atomic E-state index is 0.0141. The van der Waals surface area contributed by atoms with Crippen molar-refractivity contribution >= 4 is 29.7 Å². The van der Waals surface area contributed by atoms with E-state index in [-0.39, 0.29) is 29.1 Å². The Hall–Kier alpha value is -1.48. The average Bonchev–Trinajstić information content (AvgIpc) is 2.47. The zero-order valence-corrected chi connectivity index (χ0v) is 13.2.